The third-order valence-electron chi connectivity index (χ3n) is 3.66. The van der Waals surface area contributed by atoms with Gasteiger partial charge in [-0.2, -0.15) is 0 Å². The number of likely N-dealkylation sites (tertiary alicyclic amines) is 1. The number of nitrogens with one attached hydrogen (secondary N) is 1. The van der Waals surface area contributed by atoms with Crippen molar-refractivity contribution in [3.8, 4) is 0 Å². The van der Waals surface area contributed by atoms with Crippen molar-refractivity contribution in [1.29, 1.82) is 0 Å². The number of nitrogens with zero attached hydrogens (tertiary/aromatic N) is 2. The predicted octanol–water partition coefficient (Wildman–Crippen LogP) is 1.16. The van der Waals surface area contributed by atoms with E-state index in [0.717, 1.165) is 39.0 Å². The zero-order chi connectivity index (χ0) is 13.8. The maximum Gasteiger partial charge on any atom is 0.267 e. The molecule has 1 fully saturated rings. The number of nitrogens with two attached hydrogens (primary N) is 1. The summed E-state index contributed by atoms with van der Waals surface area (Å²) in [6, 6.07) is 1.76. The van der Waals surface area contributed by atoms with Crippen LogP contribution in [0.5, 0.6) is 0 Å². The summed E-state index contributed by atoms with van der Waals surface area (Å²) < 4.78 is 1.94. The largest absolute Gasteiger partial charge is 0.397 e. The molecule has 1 aromatic rings. The number of rotatable bonds is 5. The fourth-order valence-electron chi connectivity index (χ4n) is 2.67. The number of aryl methyl sites for hydroxylation is 1. The van der Waals surface area contributed by atoms with Crippen LogP contribution < -0.4 is 11.1 Å². The number of hydrogen-bond donors (Lipinski definition) is 2. The Hall–Kier alpha value is -1.49. The lowest BCUT2D eigenvalue weighted by atomic mass is 10.1. The number of amides is 1. The molecule has 1 amide bonds. The topological polar surface area (TPSA) is 63.3 Å². The number of carbonyl (C=O) groups excluding carboxylic acids is 1. The van der Waals surface area contributed by atoms with Crippen LogP contribution in [0.3, 0.4) is 0 Å². The van der Waals surface area contributed by atoms with E-state index in [2.05, 4.69) is 24.2 Å². The highest BCUT2D eigenvalue weighted by Crippen LogP contribution is 2.14. The molecule has 0 aromatic carbocycles. The van der Waals surface area contributed by atoms with Gasteiger partial charge < -0.3 is 20.5 Å². The minimum absolute atomic E-state index is 0.0142. The standard InChI is InChI=1S/C14H24N4O/c1-3-5-18-10-12(15)7-13(18)14(19)16-8-11-4-6-17(2)9-11/h7,10-11H,3-6,8-9,15H2,1-2H3,(H,16,19). The first kappa shape index (κ1) is 13.9. The molecule has 3 N–H and O–H groups in total. The second-order valence-electron chi connectivity index (χ2n) is 5.48. The van der Waals surface area contributed by atoms with Gasteiger partial charge in [0.25, 0.3) is 5.91 Å². The van der Waals surface area contributed by atoms with E-state index in [1.165, 1.54) is 0 Å². The molecule has 106 valence electrons. The predicted molar refractivity (Wildman–Crippen MR) is 77.1 cm³/mol. The Balaban J connectivity index is 1.92. The van der Waals surface area contributed by atoms with Crippen LogP contribution >= 0.6 is 0 Å². The Labute approximate surface area is 114 Å². The smallest absolute Gasteiger partial charge is 0.267 e. The number of aromatic nitrogens is 1. The minimum Gasteiger partial charge on any atom is -0.397 e. The van der Waals surface area contributed by atoms with Gasteiger partial charge in [-0.3, -0.25) is 4.79 Å². The lowest BCUT2D eigenvalue weighted by Crippen LogP contribution is -2.31. The Morgan fingerprint density at radius 2 is 2.37 bits per heavy atom. The van der Waals surface area contributed by atoms with Crippen LogP contribution in [0.25, 0.3) is 0 Å². The van der Waals surface area contributed by atoms with E-state index < -0.39 is 0 Å². The number of carbonyl (C=O) groups is 1. The van der Waals surface area contributed by atoms with Gasteiger partial charge in [0.2, 0.25) is 0 Å². The van der Waals surface area contributed by atoms with Crippen molar-refractivity contribution in [2.24, 2.45) is 5.92 Å². The van der Waals surface area contributed by atoms with E-state index >= 15 is 0 Å². The minimum atomic E-state index is -0.0142. The van der Waals surface area contributed by atoms with Crippen molar-refractivity contribution in [1.82, 2.24) is 14.8 Å². The Morgan fingerprint density at radius 3 is 3.00 bits per heavy atom. The van der Waals surface area contributed by atoms with Gasteiger partial charge in [-0.05, 0) is 38.4 Å². The summed E-state index contributed by atoms with van der Waals surface area (Å²) in [4.78, 5) is 14.5. The number of anilines is 1. The number of hydrogen-bond acceptors (Lipinski definition) is 3. The summed E-state index contributed by atoms with van der Waals surface area (Å²) in [6.07, 6.45) is 3.98. The molecule has 1 aromatic heterocycles. The quantitative estimate of drug-likeness (QED) is 0.839. The van der Waals surface area contributed by atoms with E-state index in [-0.39, 0.29) is 5.91 Å². The van der Waals surface area contributed by atoms with Gasteiger partial charge in [-0.25, -0.2) is 0 Å². The molecule has 0 saturated carbocycles. The normalized spacial score (nSPS) is 19.8. The first-order chi connectivity index (χ1) is 9.10. The lowest BCUT2D eigenvalue weighted by molar-refractivity contribution is 0.0938. The van der Waals surface area contributed by atoms with Crippen LogP contribution in [0.15, 0.2) is 12.3 Å². The van der Waals surface area contributed by atoms with Crippen LogP contribution in [-0.4, -0.2) is 42.1 Å². The zero-order valence-electron chi connectivity index (χ0n) is 11.9. The van der Waals surface area contributed by atoms with Crippen LogP contribution in [-0.2, 0) is 6.54 Å². The summed E-state index contributed by atoms with van der Waals surface area (Å²) in [5, 5.41) is 3.03. The van der Waals surface area contributed by atoms with Crippen LogP contribution in [0.4, 0.5) is 5.69 Å². The molecule has 1 aliphatic rings. The molecule has 1 aliphatic heterocycles. The Kier molecular flexibility index (Phi) is 4.47. The average Bonchev–Trinajstić information content (AvgIpc) is 2.93. The van der Waals surface area contributed by atoms with Crippen molar-refractivity contribution in [2.75, 3.05) is 32.4 Å². The van der Waals surface area contributed by atoms with E-state index in [4.69, 9.17) is 5.73 Å². The molecule has 5 nitrogen and oxygen atoms in total. The van der Waals surface area contributed by atoms with Gasteiger partial charge in [-0.15, -0.1) is 0 Å². The van der Waals surface area contributed by atoms with Crippen LogP contribution in [0, 0.1) is 5.92 Å². The van der Waals surface area contributed by atoms with Gasteiger partial charge in [0.1, 0.15) is 5.69 Å². The fourth-order valence-corrected chi connectivity index (χ4v) is 2.67. The van der Waals surface area contributed by atoms with Crippen molar-refractivity contribution >= 4 is 11.6 Å². The molecular formula is C14H24N4O. The molecule has 1 unspecified atom stereocenters. The van der Waals surface area contributed by atoms with Crippen molar-refractivity contribution in [2.45, 2.75) is 26.3 Å². The molecule has 1 atom stereocenters. The second-order valence-corrected chi connectivity index (χ2v) is 5.48. The van der Waals surface area contributed by atoms with Gasteiger partial charge in [0.05, 0.1) is 5.69 Å². The molecule has 0 radical (unpaired) electrons. The van der Waals surface area contributed by atoms with E-state index in [1.54, 1.807) is 6.07 Å². The van der Waals surface area contributed by atoms with Crippen molar-refractivity contribution < 1.29 is 4.79 Å². The molecule has 0 bridgehead atoms. The first-order valence-corrected chi connectivity index (χ1v) is 7.02. The fraction of sp³-hybridized carbons (Fsp3) is 0.643. The maximum atomic E-state index is 12.2. The molecular weight excluding hydrogens is 240 g/mol. The van der Waals surface area contributed by atoms with Crippen molar-refractivity contribution in [3.63, 3.8) is 0 Å². The molecule has 1 saturated heterocycles. The molecule has 0 spiro atoms. The van der Waals surface area contributed by atoms with E-state index in [1.807, 2.05) is 10.8 Å². The molecule has 19 heavy (non-hydrogen) atoms. The molecule has 2 rings (SSSR count). The summed E-state index contributed by atoms with van der Waals surface area (Å²) in [5.41, 5.74) is 7.10. The highest BCUT2D eigenvalue weighted by Gasteiger charge is 2.20. The van der Waals surface area contributed by atoms with Gasteiger partial charge >= 0.3 is 0 Å². The van der Waals surface area contributed by atoms with Gasteiger partial charge in [0.15, 0.2) is 0 Å². The summed E-state index contributed by atoms with van der Waals surface area (Å²) in [6.45, 7) is 5.86. The zero-order valence-corrected chi connectivity index (χ0v) is 11.9. The second kappa shape index (κ2) is 6.10. The SMILES string of the molecule is CCCn1cc(N)cc1C(=O)NCC1CCN(C)C1. The van der Waals surface area contributed by atoms with Crippen LogP contribution in [0.2, 0.25) is 0 Å². The third-order valence-corrected chi connectivity index (χ3v) is 3.66. The number of nitrogen functional groups attached to an aromatic ring is 1. The third kappa shape index (κ3) is 3.50. The molecule has 5 heteroatoms. The first-order valence-electron chi connectivity index (χ1n) is 7.02. The van der Waals surface area contributed by atoms with E-state index in [9.17, 15) is 4.79 Å². The highest BCUT2D eigenvalue weighted by molar-refractivity contribution is 5.93. The Morgan fingerprint density at radius 1 is 1.58 bits per heavy atom. The highest BCUT2D eigenvalue weighted by atomic mass is 16.1. The summed E-state index contributed by atoms with van der Waals surface area (Å²) in [7, 11) is 2.12. The summed E-state index contributed by atoms with van der Waals surface area (Å²) >= 11 is 0. The summed E-state index contributed by atoms with van der Waals surface area (Å²) in [5.74, 6) is 0.556. The van der Waals surface area contributed by atoms with Gasteiger partial charge in [0, 0.05) is 25.8 Å². The van der Waals surface area contributed by atoms with Crippen molar-refractivity contribution in [3.05, 3.63) is 18.0 Å². The molecule has 0 aliphatic carbocycles. The Bertz CT molecular complexity index is 441. The van der Waals surface area contributed by atoms with Gasteiger partial charge in [-0.1, -0.05) is 6.92 Å². The van der Waals surface area contributed by atoms with E-state index in [0.29, 0.717) is 17.3 Å². The average molecular weight is 264 g/mol. The molecule has 2 heterocycles. The maximum absolute atomic E-state index is 12.2. The van der Waals surface area contributed by atoms with Crippen LogP contribution in [0.1, 0.15) is 30.3 Å². The lowest BCUT2D eigenvalue weighted by Gasteiger charge is -2.12. The monoisotopic (exact) mass is 264 g/mol.